The molecule has 0 spiro atoms. The molecule has 0 saturated heterocycles. The largest absolute Gasteiger partial charge is 0.391 e. The van der Waals surface area contributed by atoms with Crippen LogP contribution in [0, 0.1) is 5.92 Å². The summed E-state index contributed by atoms with van der Waals surface area (Å²) in [6.07, 6.45) is 14.0. The van der Waals surface area contributed by atoms with Crippen molar-refractivity contribution in [3.05, 3.63) is 0 Å². The lowest BCUT2D eigenvalue weighted by Gasteiger charge is -2.33. The first-order valence-electron chi connectivity index (χ1n) is 8.99. The average molecular weight is 283 g/mol. The summed E-state index contributed by atoms with van der Waals surface area (Å²) in [7, 11) is 2.21. The Morgan fingerprint density at radius 2 is 1.40 bits per heavy atom. The maximum Gasteiger partial charge on any atom is 0.0695 e. The third kappa shape index (κ3) is 7.64. The zero-order chi connectivity index (χ0) is 14.8. The zero-order valence-corrected chi connectivity index (χ0v) is 14.1. The van der Waals surface area contributed by atoms with E-state index < -0.39 is 0 Å². The Balaban J connectivity index is 2.46. The second kappa shape index (κ2) is 10.6. The molecule has 0 aromatic heterocycles. The van der Waals surface area contributed by atoms with Crippen molar-refractivity contribution in [1.29, 1.82) is 0 Å². The molecule has 2 atom stereocenters. The lowest BCUT2D eigenvalue weighted by atomic mass is 9.94. The highest BCUT2D eigenvalue weighted by Gasteiger charge is 2.23. The van der Waals surface area contributed by atoms with E-state index in [2.05, 4.69) is 25.8 Å². The SMILES string of the molecule is CC(C)CCN(C)C1CCCCCCCCCCC1O. The summed E-state index contributed by atoms with van der Waals surface area (Å²) in [6.45, 7) is 5.69. The molecule has 1 aliphatic carbocycles. The minimum Gasteiger partial charge on any atom is -0.391 e. The molecule has 2 unspecified atom stereocenters. The summed E-state index contributed by atoms with van der Waals surface area (Å²) in [5.74, 6) is 0.751. The van der Waals surface area contributed by atoms with Crippen LogP contribution in [0.1, 0.15) is 84.5 Å². The van der Waals surface area contributed by atoms with Crippen LogP contribution in [0.2, 0.25) is 0 Å². The molecule has 0 amide bonds. The quantitative estimate of drug-likeness (QED) is 0.814. The highest BCUT2D eigenvalue weighted by molar-refractivity contribution is 4.78. The van der Waals surface area contributed by atoms with Crippen LogP contribution in [0.15, 0.2) is 0 Å². The van der Waals surface area contributed by atoms with Gasteiger partial charge < -0.3 is 10.0 Å². The summed E-state index contributed by atoms with van der Waals surface area (Å²) in [4.78, 5) is 2.43. The molecule has 0 bridgehead atoms. The van der Waals surface area contributed by atoms with Crippen molar-refractivity contribution in [3.8, 4) is 0 Å². The second-order valence-corrected chi connectivity index (χ2v) is 7.20. The Morgan fingerprint density at radius 1 is 0.900 bits per heavy atom. The van der Waals surface area contributed by atoms with Crippen molar-refractivity contribution in [2.24, 2.45) is 5.92 Å². The minimum atomic E-state index is -0.119. The number of hydrogen-bond acceptors (Lipinski definition) is 2. The van der Waals surface area contributed by atoms with Gasteiger partial charge >= 0.3 is 0 Å². The first-order valence-corrected chi connectivity index (χ1v) is 8.99. The monoisotopic (exact) mass is 283 g/mol. The lowest BCUT2D eigenvalue weighted by Crippen LogP contribution is -2.42. The normalized spacial score (nSPS) is 27.3. The number of likely N-dealkylation sites (N-methyl/N-ethyl adjacent to an activating group) is 1. The first-order chi connectivity index (χ1) is 9.61. The van der Waals surface area contributed by atoms with Gasteiger partial charge in [-0.2, -0.15) is 0 Å². The van der Waals surface area contributed by atoms with Gasteiger partial charge in [-0.3, -0.25) is 0 Å². The molecule has 20 heavy (non-hydrogen) atoms. The van der Waals surface area contributed by atoms with E-state index >= 15 is 0 Å². The van der Waals surface area contributed by atoms with E-state index in [1.54, 1.807) is 0 Å². The molecular weight excluding hydrogens is 246 g/mol. The van der Waals surface area contributed by atoms with Crippen LogP contribution < -0.4 is 0 Å². The lowest BCUT2D eigenvalue weighted by molar-refractivity contribution is 0.0464. The van der Waals surface area contributed by atoms with Gasteiger partial charge in [-0.25, -0.2) is 0 Å². The molecule has 120 valence electrons. The van der Waals surface area contributed by atoms with Crippen LogP contribution >= 0.6 is 0 Å². The molecule has 1 rings (SSSR count). The van der Waals surface area contributed by atoms with Crippen molar-refractivity contribution in [3.63, 3.8) is 0 Å². The van der Waals surface area contributed by atoms with Crippen LogP contribution in [-0.2, 0) is 0 Å². The van der Waals surface area contributed by atoms with Crippen molar-refractivity contribution < 1.29 is 5.11 Å². The van der Waals surface area contributed by atoms with Crippen molar-refractivity contribution in [2.75, 3.05) is 13.6 Å². The van der Waals surface area contributed by atoms with Gasteiger partial charge in [0.2, 0.25) is 0 Å². The van der Waals surface area contributed by atoms with E-state index in [4.69, 9.17) is 0 Å². The summed E-state index contributed by atoms with van der Waals surface area (Å²) in [5, 5.41) is 10.5. The molecule has 0 aliphatic heterocycles. The maximum atomic E-state index is 10.5. The molecule has 2 heteroatoms. The van der Waals surface area contributed by atoms with Crippen LogP contribution in [-0.4, -0.2) is 35.7 Å². The molecule has 2 nitrogen and oxygen atoms in total. The fourth-order valence-electron chi connectivity index (χ4n) is 3.29. The molecule has 0 heterocycles. The van der Waals surface area contributed by atoms with Crippen molar-refractivity contribution in [2.45, 2.75) is 96.6 Å². The number of aliphatic hydroxyl groups is 1. The summed E-state index contributed by atoms with van der Waals surface area (Å²) in [6, 6.07) is 0.383. The van der Waals surface area contributed by atoms with Gasteiger partial charge in [-0.15, -0.1) is 0 Å². The highest BCUT2D eigenvalue weighted by Crippen LogP contribution is 2.21. The fourth-order valence-corrected chi connectivity index (χ4v) is 3.29. The zero-order valence-electron chi connectivity index (χ0n) is 14.1. The Hall–Kier alpha value is -0.0800. The number of aliphatic hydroxyl groups excluding tert-OH is 1. The van der Waals surface area contributed by atoms with E-state index in [0.717, 1.165) is 18.9 Å². The van der Waals surface area contributed by atoms with Crippen LogP contribution in [0.5, 0.6) is 0 Å². The molecule has 1 fully saturated rings. The van der Waals surface area contributed by atoms with E-state index in [9.17, 15) is 5.11 Å². The molecular formula is C18H37NO. The topological polar surface area (TPSA) is 23.5 Å². The molecule has 1 aliphatic rings. The highest BCUT2D eigenvalue weighted by atomic mass is 16.3. The van der Waals surface area contributed by atoms with Crippen molar-refractivity contribution in [1.82, 2.24) is 4.90 Å². The van der Waals surface area contributed by atoms with Crippen LogP contribution in [0.25, 0.3) is 0 Å². The Morgan fingerprint density at radius 3 is 1.95 bits per heavy atom. The van der Waals surface area contributed by atoms with Crippen LogP contribution in [0.4, 0.5) is 0 Å². The van der Waals surface area contributed by atoms with E-state index in [1.165, 1.54) is 64.2 Å². The molecule has 1 saturated carbocycles. The van der Waals surface area contributed by atoms with Gasteiger partial charge in [0.15, 0.2) is 0 Å². The van der Waals surface area contributed by atoms with Gasteiger partial charge in [-0.05, 0) is 38.8 Å². The Bertz CT molecular complexity index is 229. The van der Waals surface area contributed by atoms with Gasteiger partial charge in [0.05, 0.1) is 6.10 Å². The number of hydrogen-bond donors (Lipinski definition) is 1. The third-order valence-corrected chi connectivity index (χ3v) is 4.82. The van der Waals surface area contributed by atoms with Crippen molar-refractivity contribution >= 4 is 0 Å². The standard InChI is InChI=1S/C18H37NO/c1-16(2)14-15-19(3)17-12-10-8-6-4-5-7-9-11-13-18(17)20/h16-18,20H,4-15H2,1-3H3. The second-order valence-electron chi connectivity index (χ2n) is 7.20. The smallest absolute Gasteiger partial charge is 0.0695 e. The first kappa shape index (κ1) is 18.0. The predicted molar refractivity (Wildman–Crippen MR) is 88.0 cm³/mol. The number of nitrogens with zero attached hydrogens (tertiary/aromatic N) is 1. The summed E-state index contributed by atoms with van der Waals surface area (Å²) in [5.41, 5.74) is 0. The van der Waals surface area contributed by atoms with Gasteiger partial charge in [-0.1, -0.05) is 65.2 Å². The van der Waals surface area contributed by atoms with Gasteiger partial charge in [0.25, 0.3) is 0 Å². The van der Waals surface area contributed by atoms with E-state index in [0.29, 0.717) is 6.04 Å². The molecule has 0 aromatic carbocycles. The Kier molecular flexibility index (Phi) is 9.54. The van der Waals surface area contributed by atoms with Crippen LogP contribution in [0.3, 0.4) is 0 Å². The fraction of sp³-hybridized carbons (Fsp3) is 1.00. The summed E-state index contributed by atoms with van der Waals surface area (Å²) < 4.78 is 0. The molecule has 0 aromatic rings. The third-order valence-electron chi connectivity index (χ3n) is 4.82. The maximum absolute atomic E-state index is 10.5. The Labute approximate surface area is 126 Å². The molecule has 1 N–H and O–H groups in total. The van der Waals surface area contributed by atoms with Gasteiger partial charge in [0.1, 0.15) is 0 Å². The predicted octanol–water partition coefficient (Wildman–Crippen LogP) is 4.61. The average Bonchev–Trinajstić information content (AvgIpc) is 2.40. The molecule has 0 radical (unpaired) electrons. The minimum absolute atomic E-state index is 0.119. The number of rotatable bonds is 4. The van der Waals surface area contributed by atoms with E-state index in [-0.39, 0.29) is 6.10 Å². The summed E-state index contributed by atoms with van der Waals surface area (Å²) >= 11 is 0. The van der Waals surface area contributed by atoms with E-state index in [1.807, 2.05) is 0 Å². The van der Waals surface area contributed by atoms with Gasteiger partial charge in [0, 0.05) is 6.04 Å².